The van der Waals surface area contributed by atoms with E-state index in [1.165, 1.54) is 25.7 Å². The summed E-state index contributed by atoms with van der Waals surface area (Å²) >= 11 is 0. The molecule has 0 spiro atoms. The fraction of sp³-hybridized carbons (Fsp3) is 0.647. The van der Waals surface area contributed by atoms with Gasteiger partial charge < -0.3 is 10.6 Å². The van der Waals surface area contributed by atoms with Crippen molar-refractivity contribution >= 4 is 22.5 Å². The highest BCUT2D eigenvalue weighted by Gasteiger charge is 2.22. The number of anilines is 2. The first-order valence-electron chi connectivity index (χ1n) is 8.67. The van der Waals surface area contributed by atoms with Crippen LogP contribution in [0.15, 0.2) is 12.3 Å². The van der Waals surface area contributed by atoms with Crippen LogP contribution in [-0.2, 0) is 11.0 Å². The first-order valence-corrected chi connectivity index (χ1v) is 10.2. The standard InChI is InChI=1S/C17H25N5OS/c1-24(23)22-8-6-15(7-9-22)21-17-10-16(13(11-18)12-19-17)20-14-4-2-3-5-14/h10,12,14-15H,2-9H2,1H3,(H2,19,20,21). The van der Waals surface area contributed by atoms with Gasteiger partial charge in [0.1, 0.15) is 11.9 Å². The summed E-state index contributed by atoms with van der Waals surface area (Å²) in [5, 5.41) is 16.3. The summed E-state index contributed by atoms with van der Waals surface area (Å²) in [5.74, 6) is 0.811. The predicted molar refractivity (Wildman–Crippen MR) is 97.1 cm³/mol. The van der Waals surface area contributed by atoms with Crippen LogP contribution in [0.4, 0.5) is 11.5 Å². The number of rotatable bonds is 5. The second-order valence-electron chi connectivity index (χ2n) is 6.62. The lowest BCUT2D eigenvalue weighted by Gasteiger charge is -2.30. The monoisotopic (exact) mass is 347 g/mol. The maximum atomic E-state index is 11.5. The Labute approximate surface area is 146 Å². The predicted octanol–water partition coefficient (Wildman–Crippen LogP) is 2.48. The largest absolute Gasteiger partial charge is 0.381 e. The van der Waals surface area contributed by atoms with Gasteiger partial charge in [-0.3, -0.25) is 0 Å². The van der Waals surface area contributed by atoms with E-state index in [2.05, 4.69) is 21.7 Å². The Kier molecular flexibility index (Phi) is 5.69. The van der Waals surface area contributed by atoms with Gasteiger partial charge in [0, 0.05) is 43.7 Å². The van der Waals surface area contributed by atoms with Crippen molar-refractivity contribution in [1.82, 2.24) is 9.29 Å². The van der Waals surface area contributed by atoms with Crippen LogP contribution in [0, 0.1) is 11.3 Å². The number of pyridine rings is 1. The van der Waals surface area contributed by atoms with E-state index in [0.29, 0.717) is 17.6 Å². The summed E-state index contributed by atoms with van der Waals surface area (Å²) in [6.07, 6.45) is 10.1. The van der Waals surface area contributed by atoms with E-state index >= 15 is 0 Å². The lowest BCUT2D eigenvalue weighted by Crippen LogP contribution is -2.39. The molecular formula is C17H25N5OS. The summed E-state index contributed by atoms with van der Waals surface area (Å²) in [7, 11) is -0.881. The van der Waals surface area contributed by atoms with Gasteiger partial charge in [0.05, 0.1) is 22.2 Å². The van der Waals surface area contributed by atoms with Gasteiger partial charge >= 0.3 is 0 Å². The van der Waals surface area contributed by atoms with Crippen LogP contribution in [0.2, 0.25) is 0 Å². The molecular weight excluding hydrogens is 322 g/mol. The molecule has 1 aliphatic heterocycles. The molecule has 7 heteroatoms. The normalized spacial score (nSPS) is 21.3. The number of nitriles is 1. The second kappa shape index (κ2) is 7.95. The molecule has 0 radical (unpaired) electrons. The van der Waals surface area contributed by atoms with E-state index < -0.39 is 11.0 Å². The fourth-order valence-electron chi connectivity index (χ4n) is 3.50. The zero-order valence-electron chi connectivity index (χ0n) is 14.1. The third-order valence-corrected chi connectivity index (χ3v) is 6.00. The number of hydrogen-bond acceptors (Lipinski definition) is 5. The van der Waals surface area contributed by atoms with Gasteiger partial charge in [-0.1, -0.05) is 12.8 Å². The van der Waals surface area contributed by atoms with E-state index in [-0.39, 0.29) is 0 Å². The SMILES string of the molecule is CS(=O)N1CCC(Nc2cc(NC3CCCC3)c(C#N)cn2)CC1. The van der Waals surface area contributed by atoms with Crippen molar-refractivity contribution in [3.8, 4) is 6.07 Å². The molecule has 2 fully saturated rings. The molecule has 0 amide bonds. The Morgan fingerprint density at radius 3 is 2.50 bits per heavy atom. The number of nitrogens with zero attached hydrogens (tertiary/aromatic N) is 3. The van der Waals surface area contributed by atoms with Gasteiger partial charge in [-0.2, -0.15) is 5.26 Å². The van der Waals surface area contributed by atoms with Crippen molar-refractivity contribution in [2.24, 2.45) is 0 Å². The lowest BCUT2D eigenvalue weighted by atomic mass is 10.1. The summed E-state index contributed by atoms with van der Waals surface area (Å²) in [6.45, 7) is 1.68. The highest BCUT2D eigenvalue weighted by Crippen LogP contribution is 2.26. The number of nitrogens with one attached hydrogen (secondary N) is 2. The molecule has 1 aliphatic carbocycles. The quantitative estimate of drug-likeness (QED) is 0.855. The lowest BCUT2D eigenvalue weighted by molar-refractivity contribution is 0.347. The Bertz CT molecular complexity index is 630. The maximum Gasteiger partial charge on any atom is 0.128 e. The van der Waals surface area contributed by atoms with Crippen LogP contribution in [0.1, 0.15) is 44.1 Å². The van der Waals surface area contributed by atoms with Crippen molar-refractivity contribution in [3.05, 3.63) is 17.8 Å². The number of piperidine rings is 1. The van der Waals surface area contributed by atoms with Crippen LogP contribution in [0.3, 0.4) is 0 Å². The van der Waals surface area contributed by atoms with E-state index in [1.54, 1.807) is 12.5 Å². The third kappa shape index (κ3) is 4.25. The zero-order chi connectivity index (χ0) is 16.9. The molecule has 1 aromatic rings. The van der Waals surface area contributed by atoms with Gasteiger partial charge in [-0.15, -0.1) is 0 Å². The Morgan fingerprint density at radius 2 is 1.88 bits per heavy atom. The van der Waals surface area contributed by atoms with Crippen LogP contribution in [0.25, 0.3) is 0 Å². The van der Waals surface area contributed by atoms with E-state index in [0.717, 1.165) is 37.4 Å². The van der Waals surface area contributed by atoms with Crippen molar-refractivity contribution in [2.75, 3.05) is 30.0 Å². The molecule has 0 bridgehead atoms. The number of hydrogen-bond donors (Lipinski definition) is 2. The molecule has 1 unspecified atom stereocenters. The van der Waals surface area contributed by atoms with Crippen molar-refractivity contribution in [2.45, 2.75) is 50.6 Å². The number of aromatic nitrogens is 1. The van der Waals surface area contributed by atoms with Crippen LogP contribution in [-0.4, -0.2) is 44.9 Å². The Balaban J connectivity index is 1.63. The third-order valence-electron chi connectivity index (χ3n) is 4.91. The molecule has 130 valence electrons. The first-order chi connectivity index (χ1) is 11.7. The van der Waals surface area contributed by atoms with Crippen LogP contribution in [0.5, 0.6) is 0 Å². The van der Waals surface area contributed by atoms with E-state index in [4.69, 9.17) is 0 Å². The zero-order valence-corrected chi connectivity index (χ0v) is 14.9. The molecule has 1 atom stereocenters. The van der Waals surface area contributed by atoms with Crippen molar-refractivity contribution in [3.63, 3.8) is 0 Å². The van der Waals surface area contributed by atoms with Gasteiger partial charge in [-0.25, -0.2) is 13.5 Å². The molecule has 1 aromatic heterocycles. The fourth-order valence-corrected chi connectivity index (χ4v) is 4.22. The van der Waals surface area contributed by atoms with E-state index in [1.807, 2.05) is 10.4 Å². The minimum atomic E-state index is -0.881. The van der Waals surface area contributed by atoms with Crippen LogP contribution >= 0.6 is 0 Å². The molecule has 0 aromatic carbocycles. The average Bonchev–Trinajstić information content (AvgIpc) is 3.09. The Hall–Kier alpha value is -1.65. The average molecular weight is 347 g/mol. The molecule has 3 rings (SSSR count). The topological polar surface area (TPSA) is 81.0 Å². The molecule has 2 heterocycles. The van der Waals surface area contributed by atoms with Gasteiger partial charge in [0.25, 0.3) is 0 Å². The second-order valence-corrected chi connectivity index (χ2v) is 7.99. The minimum absolute atomic E-state index is 0.338. The maximum absolute atomic E-state index is 11.5. The molecule has 2 aliphatic rings. The molecule has 6 nitrogen and oxygen atoms in total. The van der Waals surface area contributed by atoms with Gasteiger partial charge in [0.2, 0.25) is 0 Å². The highest BCUT2D eigenvalue weighted by molar-refractivity contribution is 7.81. The van der Waals surface area contributed by atoms with Crippen molar-refractivity contribution in [1.29, 1.82) is 5.26 Å². The van der Waals surface area contributed by atoms with Gasteiger partial charge in [0.15, 0.2) is 0 Å². The smallest absolute Gasteiger partial charge is 0.128 e. The summed E-state index contributed by atoms with van der Waals surface area (Å²) in [5.41, 5.74) is 1.48. The summed E-state index contributed by atoms with van der Waals surface area (Å²) < 4.78 is 13.5. The summed E-state index contributed by atoms with van der Waals surface area (Å²) in [4.78, 5) is 4.39. The minimum Gasteiger partial charge on any atom is -0.381 e. The van der Waals surface area contributed by atoms with E-state index in [9.17, 15) is 9.47 Å². The summed E-state index contributed by atoms with van der Waals surface area (Å²) in [6, 6.07) is 4.99. The Morgan fingerprint density at radius 1 is 1.21 bits per heavy atom. The molecule has 24 heavy (non-hydrogen) atoms. The molecule has 1 saturated carbocycles. The molecule has 1 saturated heterocycles. The highest BCUT2D eigenvalue weighted by atomic mass is 32.2. The first kappa shape index (κ1) is 17.2. The van der Waals surface area contributed by atoms with Gasteiger partial charge in [-0.05, 0) is 25.7 Å². The molecule has 2 N–H and O–H groups in total. The van der Waals surface area contributed by atoms with Crippen LogP contribution < -0.4 is 10.6 Å². The van der Waals surface area contributed by atoms with Crippen molar-refractivity contribution < 1.29 is 4.21 Å².